The monoisotopic (exact) mass is 524 g/mol. The smallest absolute Gasteiger partial charge is 0.228 e. The molecule has 0 spiro atoms. The van der Waals surface area contributed by atoms with Gasteiger partial charge >= 0.3 is 0 Å². The minimum Gasteiger partial charge on any atom is -0.481 e. The van der Waals surface area contributed by atoms with Crippen molar-refractivity contribution >= 4 is 21.8 Å². The Kier molecular flexibility index (Phi) is 5.42. The number of carbonyl (C=O) groups is 1. The number of aliphatic hydroxyl groups excluding tert-OH is 1. The Morgan fingerprint density at radius 2 is 1.79 bits per heavy atom. The average molecular weight is 525 g/mol. The zero-order valence-electron chi connectivity index (χ0n) is 19.0. The van der Waals surface area contributed by atoms with Gasteiger partial charge in [0.25, 0.3) is 0 Å². The van der Waals surface area contributed by atoms with E-state index in [4.69, 9.17) is 9.47 Å². The van der Waals surface area contributed by atoms with Gasteiger partial charge in [0.2, 0.25) is 11.8 Å². The summed E-state index contributed by atoms with van der Waals surface area (Å²) in [6, 6.07) is 18.4. The molecule has 5 atom stereocenters. The van der Waals surface area contributed by atoms with Gasteiger partial charge in [-0.2, -0.15) is 0 Å². The molecule has 7 nitrogen and oxygen atoms in total. The SMILES string of the molecule is COc1nccc2c1C1(O)C(O)C(C(=O)N(C)C)C(c3ccccc3)C1(c1ccc(Br)cc1)O2. The molecule has 5 unspecified atom stereocenters. The molecule has 2 aliphatic rings. The molecule has 34 heavy (non-hydrogen) atoms. The lowest BCUT2D eigenvalue weighted by molar-refractivity contribution is -0.156. The highest BCUT2D eigenvalue weighted by molar-refractivity contribution is 9.10. The first-order valence-electron chi connectivity index (χ1n) is 10.9. The summed E-state index contributed by atoms with van der Waals surface area (Å²) in [5, 5.41) is 24.4. The minimum absolute atomic E-state index is 0.141. The first-order valence-corrected chi connectivity index (χ1v) is 11.7. The third kappa shape index (κ3) is 2.88. The van der Waals surface area contributed by atoms with Gasteiger partial charge in [-0.1, -0.05) is 58.4 Å². The van der Waals surface area contributed by atoms with Crippen molar-refractivity contribution in [3.63, 3.8) is 0 Å². The predicted molar refractivity (Wildman–Crippen MR) is 129 cm³/mol. The predicted octanol–water partition coefficient (Wildman–Crippen LogP) is 3.19. The number of nitrogens with zero attached hydrogens (tertiary/aromatic N) is 2. The molecule has 1 aliphatic carbocycles. The number of rotatable bonds is 4. The van der Waals surface area contributed by atoms with E-state index < -0.39 is 29.1 Å². The van der Waals surface area contributed by atoms with Gasteiger partial charge < -0.3 is 24.6 Å². The number of fused-ring (bicyclic) bond motifs is 3. The maximum atomic E-state index is 13.6. The number of hydrogen-bond donors (Lipinski definition) is 2. The van der Waals surface area contributed by atoms with Crippen LogP contribution in [0.2, 0.25) is 0 Å². The molecule has 176 valence electrons. The number of methoxy groups -OCH3 is 1. The van der Waals surface area contributed by atoms with Gasteiger partial charge in [0.1, 0.15) is 11.9 Å². The molecule has 0 saturated heterocycles. The van der Waals surface area contributed by atoms with E-state index in [1.54, 1.807) is 20.2 Å². The van der Waals surface area contributed by atoms with Crippen LogP contribution >= 0.6 is 15.9 Å². The molecule has 2 heterocycles. The summed E-state index contributed by atoms with van der Waals surface area (Å²) in [7, 11) is 4.72. The molecule has 5 rings (SSSR count). The second-order valence-electron chi connectivity index (χ2n) is 8.90. The van der Waals surface area contributed by atoms with Crippen LogP contribution in [0.25, 0.3) is 0 Å². The van der Waals surface area contributed by atoms with Gasteiger partial charge in [-0.15, -0.1) is 0 Å². The maximum absolute atomic E-state index is 13.6. The molecule has 1 saturated carbocycles. The van der Waals surface area contributed by atoms with Crippen LogP contribution in [0.3, 0.4) is 0 Å². The van der Waals surface area contributed by atoms with Crippen LogP contribution in [0.5, 0.6) is 11.6 Å². The van der Waals surface area contributed by atoms with Crippen LogP contribution in [-0.4, -0.2) is 53.3 Å². The van der Waals surface area contributed by atoms with Crippen molar-refractivity contribution < 1.29 is 24.5 Å². The number of hydrogen-bond acceptors (Lipinski definition) is 6. The van der Waals surface area contributed by atoms with E-state index in [2.05, 4.69) is 20.9 Å². The molecular weight excluding hydrogens is 500 g/mol. The highest BCUT2D eigenvalue weighted by atomic mass is 79.9. The summed E-state index contributed by atoms with van der Waals surface area (Å²) in [4.78, 5) is 19.3. The molecule has 0 bridgehead atoms. The first kappa shape index (κ1) is 22.8. The van der Waals surface area contributed by atoms with Crippen LogP contribution in [0.1, 0.15) is 22.6 Å². The van der Waals surface area contributed by atoms with Crippen LogP contribution in [0.15, 0.2) is 71.3 Å². The third-order valence-corrected chi connectivity index (χ3v) is 7.54. The first-order chi connectivity index (χ1) is 16.3. The number of amides is 1. The third-order valence-electron chi connectivity index (χ3n) is 7.01. The normalized spacial score (nSPS) is 29.2. The van der Waals surface area contributed by atoms with Gasteiger partial charge in [0.15, 0.2) is 11.2 Å². The Hall–Kier alpha value is -2.94. The van der Waals surface area contributed by atoms with Crippen LogP contribution in [-0.2, 0) is 16.0 Å². The van der Waals surface area contributed by atoms with E-state index in [0.29, 0.717) is 11.3 Å². The van der Waals surface area contributed by atoms with Crippen molar-refractivity contribution in [3.8, 4) is 11.6 Å². The van der Waals surface area contributed by atoms with Crippen molar-refractivity contribution in [3.05, 3.63) is 88.0 Å². The molecule has 1 aromatic heterocycles. The molecular formula is C26H25BrN2O5. The minimum atomic E-state index is -2.02. The Balaban J connectivity index is 1.89. The van der Waals surface area contributed by atoms with Crippen LogP contribution < -0.4 is 9.47 Å². The number of halogens is 1. The highest BCUT2D eigenvalue weighted by Crippen LogP contribution is 2.69. The van der Waals surface area contributed by atoms with Gasteiger partial charge in [-0.05, 0) is 29.3 Å². The van der Waals surface area contributed by atoms with E-state index in [9.17, 15) is 15.0 Å². The Bertz CT molecular complexity index is 1240. The highest BCUT2D eigenvalue weighted by Gasteiger charge is 2.78. The van der Waals surface area contributed by atoms with Crippen molar-refractivity contribution in [1.29, 1.82) is 0 Å². The second kappa shape index (κ2) is 8.08. The van der Waals surface area contributed by atoms with E-state index >= 15 is 0 Å². The Morgan fingerprint density at radius 3 is 2.41 bits per heavy atom. The topological polar surface area (TPSA) is 92.1 Å². The molecule has 1 fully saturated rings. The number of ether oxygens (including phenoxy) is 2. The van der Waals surface area contributed by atoms with Gasteiger partial charge in [-0.3, -0.25) is 4.79 Å². The van der Waals surface area contributed by atoms with Gasteiger partial charge in [0, 0.05) is 30.7 Å². The number of aliphatic hydroxyl groups is 2. The number of pyridine rings is 1. The zero-order valence-corrected chi connectivity index (χ0v) is 20.6. The van der Waals surface area contributed by atoms with Crippen molar-refractivity contribution in [2.75, 3.05) is 21.2 Å². The summed E-state index contributed by atoms with van der Waals surface area (Å²) in [5.41, 5.74) is -1.92. The number of carbonyl (C=O) groups excluding carboxylic acids is 1. The summed E-state index contributed by atoms with van der Waals surface area (Å²) in [5.74, 6) is -1.53. The number of aromatic nitrogens is 1. The largest absolute Gasteiger partial charge is 0.481 e. The lowest BCUT2D eigenvalue weighted by atomic mass is 9.70. The fraction of sp³-hybridized carbons (Fsp3) is 0.308. The Morgan fingerprint density at radius 1 is 1.12 bits per heavy atom. The quantitative estimate of drug-likeness (QED) is 0.544. The summed E-state index contributed by atoms with van der Waals surface area (Å²) >= 11 is 3.47. The fourth-order valence-electron chi connectivity index (χ4n) is 5.65. The van der Waals surface area contributed by atoms with Crippen LogP contribution in [0.4, 0.5) is 0 Å². The fourth-order valence-corrected chi connectivity index (χ4v) is 5.92. The second-order valence-corrected chi connectivity index (χ2v) is 9.81. The average Bonchev–Trinajstić information content (AvgIpc) is 3.22. The van der Waals surface area contributed by atoms with E-state index in [-0.39, 0.29) is 17.4 Å². The Labute approximate surface area is 206 Å². The standard InChI is InChI=1S/C26H25BrN2O5/c1-29(2)24(31)19-20(15-7-5-4-6-8-15)26(16-9-11-17(27)12-10-16)25(32,22(19)30)21-18(34-26)13-14-28-23(21)33-3/h4-14,19-20,22,30,32H,1-3H3. The van der Waals surface area contributed by atoms with E-state index in [0.717, 1.165) is 10.0 Å². The lowest BCUT2D eigenvalue weighted by Gasteiger charge is -2.40. The van der Waals surface area contributed by atoms with Crippen molar-refractivity contribution in [1.82, 2.24) is 9.88 Å². The molecule has 8 heteroatoms. The summed E-state index contributed by atoms with van der Waals surface area (Å²) < 4.78 is 13.0. The van der Waals surface area contributed by atoms with Crippen molar-refractivity contribution in [2.45, 2.75) is 23.2 Å². The number of benzene rings is 2. The van der Waals surface area contributed by atoms with Crippen molar-refractivity contribution in [2.24, 2.45) is 5.92 Å². The molecule has 2 aromatic carbocycles. The molecule has 1 amide bonds. The van der Waals surface area contributed by atoms with Gasteiger partial charge in [0.05, 0.1) is 18.6 Å². The van der Waals surface area contributed by atoms with E-state index in [1.165, 1.54) is 18.2 Å². The molecule has 1 aliphatic heterocycles. The maximum Gasteiger partial charge on any atom is 0.228 e. The van der Waals surface area contributed by atoms with Gasteiger partial charge in [-0.25, -0.2) is 4.98 Å². The van der Waals surface area contributed by atoms with Crippen LogP contribution in [0, 0.1) is 5.92 Å². The zero-order chi connectivity index (χ0) is 24.3. The summed E-state index contributed by atoms with van der Waals surface area (Å²) in [6.07, 6.45) is 0.0274. The molecule has 0 radical (unpaired) electrons. The molecule has 2 N–H and O–H groups in total. The lowest BCUT2D eigenvalue weighted by Crippen LogP contribution is -2.52. The molecule has 3 aromatic rings. The summed E-state index contributed by atoms with van der Waals surface area (Å²) in [6.45, 7) is 0. The van der Waals surface area contributed by atoms with E-state index in [1.807, 2.05) is 54.6 Å².